The highest BCUT2D eigenvalue weighted by molar-refractivity contribution is 5.25. The molecule has 1 heteroatoms. The lowest BCUT2D eigenvalue weighted by atomic mass is 9.56. The lowest BCUT2D eigenvalue weighted by Crippen LogP contribution is -2.58. The van der Waals surface area contributed by atoms with Gasteiger partial charge in [-0.25, -0.2) is 0 Å². The lowest BCUT2D eigenvalue weighted by Gasteiger charge is -2.52. The Kier molecular flexibility index (Phi) is 1.27. The molecule has 4 rings (SSSR count). The van der Waals surface area contributed by atoms with Gasteiger partial charge in [-0.05, 0) is 47.8 Å². The first-order valence-corrected chi connectivity index (χ1v) is 6.02. The van der Waals surface area contributed by atoms with Crippen molar-refractivity contribution in [1.82, 2.24) is 0 Å². The van der Waals surface area contributed by atoms with Crippen LogP contribution in [-0.2, 0) is 0 Å². The summed E-state index contributed by atoms with van der Waals surface area (Å²) in [6, 6.07) is 0. The van der Waals surface area contributed by atoms with Gasteiger partial charge in [0.05, 0.1) is 0 Å². The second-order valence-corrected chi connectivity index (χ2v) is 7.46. The Balaban J connectivity index is 2.15. The molecule has 4 atom stereocenters. The molecule has 0 saturated heterocycles. The van der Waals surface area contributed by atoms with Crippen molar-refractivity contribution in [2.75, 3.05) is 0 Å². The summed E-state index contributed by atoms with van der Waals surface area (Å²) < 4.78 is 0. The van der Waals surface area contributed by atoms with E-state index in [2.05, 4.69) is 27.7 Å². The third-order valence-electron chi connectivity index (χ3n) is 6.57. The molecule has 4 bridgehead atoms. The third-order valence-corrected chi connectivity index (χ3v) is 6.57. The van der Waals surface area contributed by atoms with E-state index in [1.807, 2.05) is 0 Å². The molecule has 80 valence electrons. The van der Waals surface area contributed by atoms with E-state index in [-0.39, 0.29) is 5.54 Å². The Bertz CT molecular complexity index is 286. The van der Waals surface area contributed by atoms with Crippen LogP contribution in [0.15, 0.2) is 0 Å². The van der Waals surface area contributed by atoms with E-state index in [0.29, 0.717) is 16.2 Å². The van der Waals surface area contributed by atoms with Gasteiger partial charge in [-0.3, -0.25) is 0 Å². The summed E-state index contributed by atoms with van der Waals surface area (Å²) >= 11 is 0. The van der Waals surface area contributed by atoms with Crippen LogP contribution in [0.2, 0.25) is 0 Å². The molecule has 4 saturated carbocycles. The molecule has 4 aliphatic rings. The minimum absolute atomic E-state index is 0.137. The topological polar surface area (TPSA) is 26.0 Å². The fraction of sp³-hybridized carbons (Fsp3) is 1.00. The molecular formula is C13H23N. The number of rotatable bonds is 0. The Labute approximate surface area is 87.4 Å². The molecule has 1 nitrogen and oxygen atoms in total. The van der Waals surface area contributed by atoms with E-state index in [9.17, 15) is 0 Å². The molecule has 14 heavy (non-hydrogen) atoms. The van der Waals surface area contributed by atoms with Crippen LogP contribution in [0, 0.1) is 22.2 Å². The predicted molar refractivity (Wildman–Crippen MR) is 58.9 cm³/mol. The van der Waals surface area contributed by atoms with E-state index in [0.717, 1.165) is 5.92 Å². The Morgan fingerprint density at radius 3 is 1.71 bits per heavy atom. The van der Waals surface area contributed by atoms with Gasteiger partial charge in [-0.1, -0.05) is 27.7 Å². The first-order chi connectivity index (χ1) is 6.23. The SMILES string of the molecule is CC1(C)C2C[C@@]3(C)CC1(N)C[C@@]3(C)C2. The standard InChI is InChI=1S/C13H23N/c1-10(2)9-5-11(3)7-13(10,14)8-12(11,4)6-9/h9H,5-8,14H2,1-4H3/t9?,11-,12+,13?. The van der Waals surface area contributed by atoms with Gasteiger partial charge in [0, 0.05) is 5.54 Å². The number of hydrogen-bond acceptors (Lipinski definition) is 1. The molecule has 2 unspecified atom stereocenters. The van der Waals surface area contributed by atoms with E-state index >= 15 is 0 Å². The van der Waals surface area contributed by atoms with Crippen molar-refractivity contribution in [3.63, 3.8) is 0 Å². The molecule has 2 N–H and O–H groups in total. The summed E-state index contributed by atoms with van der Waals surface area (Å²) in [4.78, 5) is 0. The fourth-order valence-corrected chi connectivity index (χ4v) is 5.05. The molecule has 0 heterocycles. The van der Waals surface area contributed by atoms with Crippen molar-refractivity contribution >= 4 is 0 Å². The van der Waals surface area contributed by atoms with Gasteiger partial charge in [0.25, 0.3) is 0 Å². The highest BCUT2D eigenvalue weighted by atomic mass is 14.9. The quantitative estimate of drug-likeness (QED) is 0.629. The maximum atomic E-state index is 6.67. The average molecular weight is 193 g/mol. The van der Waals surface area contributed by atoms with Gasteiger partial charge < -0.3 is 5.73 Å². The molecule has 0 spiro atoms. The molecular weight excluding hydrogens is 170 g/mol. The van der Waals surface area contributed by atoms with Crippen LogP contribution in [0.1, 0.15) is 53.4 Å². The van der Waals surface area contributed by atoms with E-state index in [4.69, 9.17) is 5.73 Å². The van der Waals surface area contributed by atoms with E-state index in [1.165, 1.54) is 25.7 Å². The molecule has 4 fully saturated rings. The number of nitrogens with two attached hydrogens (primary N) is 1. The Hall–Kier alpha value is -0.0400. The summed E-state index contributed by atoms with van der Waals surface area (Å²) in [5, 5.41) is 0. The summed E-state index contributed by atoms with van der Waals surface area (Å²) in [6.07, 6.45) is 5.38. The average Bonchev–Trinajstić information content (AvgIpc) is 2.27. The predicted octanol–water partition coefficient (Wildman–Crippen LogP) is 2.94. The van der Waals surface area contributed by atoms with Gasteiger partial charge >= 0.3 is 0 Å². The monoisotopic (exact) mass is 193 g/mol. The van der Waals surface area contributed by atoms with Crippen LogP contribution in [-0.4, -0.2) is 5.54 Å². The highest BCUT2D eigenvalue weighted by Crippen LogP contribution is 2.77. The summed E-state index contributed by atoms with van der Waals surface area (Å²) in [5.41, 5.74) is 8.30. The smallest absolute Gasteiger partial charge is 0.0219 e. The maximum Gasteiger partial charge on any atom is 0.0219 e. The van der Waals surface area contributed by atoms with Crippen LogP contribution in [0.3, 0.4) is 0 Å². The maximum absolute atomic E-state index is 6.67. The Morgan fingerprint density at radius 2 is 1.36 bits per heavy atom. The normalized spacial score (nSPS) is 63.6. The Morgan fingerprint density at radius 1 is 0.929 bits per heavy atom. The van der Waals surface area contributed by atoms with Crippen molar-refractivity contribution in [1.29, 1.82) is 0 Å². The van der Waals surface area contributed by atoms with Crippen LogP contribution in [0.4, 0.5) is 0 Å². The van der Waals surface area contributed by atoms with Gasteiger partial charge in [-0.2, -0.15) is 0 Å². The molecule has 0 aromatic heterocycles. The molecule has 4 aliphatic carbocycles. The zero-order valence-electron chi connectivity index (χ0n) is 9.98. The van der Waals surface area contributed by atoms with E-state index in [1.54, 1.807) is 0 Å². The van der Waals surface area contributed by atoms with Gasteiger partial charge in [-0.15, -0.1) is 0 Å². The minimum atomic E-state index is 0.137. The van der Waals surface area contributed by atoms with Crippen molar-refractivity contribution in [3.05, 3.63) is 0 Å². The number of hydrogen-bond donors (Lipinski definition) is 1. The summed E-state index contributed by atoms with van der Waals surface area (Å²) in [5.74, 6) is 0.880. The second kappa shape index (κ2) is 1.93. The first-order valence-electron chi connectivity index (χ1n) is 6.02. The molecule has 0 aliphatic heterocycles. The van der Waals surface area contributed by atoms with Gasteiger partial charge in [0.2, 0.25) is 0 Å². The van der Waals surface area contributed by atoms with Crippen molar-refractivity contribution in [3.8, 4) is 0 Å². The van der Waals surface area contributed by atoms with Crippen molar-refractivity contribution in [2.45, 2.75) is 58.9 Å². The lowest BCUT2D eigenvalue weighted by molar-refractivity contribution is 0.0186. The zero-order chi connectivity index (χ0) is 10.4. The molecule has 0 aromatic carbocycles. The molecule has 0 amide bonds. The van der Waals surface area contributed by atoms with E-state index < -0.39 is 0 Å². The minimum Gasteiger partial charge on any atom is -0.325 e. The summed E-state index contributed by atoms with van der Waals surface area (Å²) in [7, 11) is 0. The summed E-state index contributed by atoms with van der Waals surface area (Å²) in [6.45, 7) is 9.78. The first kappa shape index (κ1) is 9.21. The second-order valence-electron chi connectivity index (χ2n) is 7.46. The van der Waals surface area contributed by atoms with Crippen molar-refractivity contribution in [2.24, 2.45) is 27.9 Å². The van der Waals surface area contributed by atoms with Crippen LogP contribution in [0.25, 0.3) is 0 Å². The molecule has 0 aromatic rings. The van der Waals surface area contributed by atoms with Gasteiger partial charge in [0.1, 0.15) is 0 Å². The fourth-order valence-electron chi connectivity index (χ4n) is 5.05. The van der Waals surface area contributed by atoms with Crippen molar-refractivity contribution < 1.29 is 0 Å². The van der Waals surface area contributed by atoms with Crippen LogP contribution in [0.5, 0.6) is 0 Å². The highest BCUT2D eigenvalue weighted by Gasteiger charge is 2.72. The van der Waals surface area contributed by atoms with Crippen LogP contribution >= 0.6 is 0 Å². The van der Waals surface area contributed by atoms with Gasteiger partial charge in [0.15, 0.2) is 0 Å². The zero-order valence-corrected chi connectivity index (χ0v) is 9.98. The third kappa shape index (κ3) is 0.680. The molecule has 0 radical (unpaired) electrons. The largest absolute Gasteiger partial charge is 0.325 e. The van der Waals surface area contributed by atoms with Crippen LogP contribution < -0.4 is 5.73 Å².